The molecular formula is C25H22Cl2N2O2S2. The van der Waals surface area contributed by atoms with Crippen molar-refractivity contribution >= 4 is 77.9 Å². The lowest BCUT2D eigenvalue weighted by molar-refractivity contribution is 0.0724. The van der Waals surface area contributed by atoms with E-state index in [1.165, 1.54) is 22.7 Å². The van der Waals surface area contributed by atoms with Crippen LogP contribution in [0.4, 0.5) is 0 Å². The summed E-state index contributed by atoms with van der Waals surface area (Å²) in [5, 5.41) is 2.86. The smallest absolute Gasteiger partial charge is 0.265 e. The molecule has 3 heterocycles. The highest BCUT2D eigenvalue weighted by molar-refractivity contribution is 7.22. The van der Waals surface area contributed by atoms with Gasteiger partial charge in [-0.3, -0.25) is 9.59 Å². The average molecular weight is 518 g/mol. The van der Waals surface area contributed by atoms with E-state index in [4.69, 9.17) is 23.2 Å². The van der Waals surface area contributed by atoms with E-state index in [9.17, 15) is 9.59 Å². The molecule has 2 amide bonds. The molecule has 170 valence electrons. The van der Waals surface area contributed by atoms with Crippen molar-refractivity contribution in [2.24, 2.45) is 0 Å². The lowest BCUT2D eigenvalue weighted by atomic mass is 10.2. The van der Waals surface area contributed by atoms with Crippen LogP contribution in [0, 0.1) is 13.8 Å². The zero-order valence-corrected chi connectivity index (χ0v) is 21.4. The Labute approximate surface area is 210 Å². The fraction of sp³-hybridized carbons (Fsp3) is 0.280. The molecule has 1 aliphatic heterocycles. The molecule has 1 aliphatic rings. The van der Waals surface area contributed by atoms with Crippen LogP contribution in [-0.2, 0) is 0 Å². The van der Waals surface area contributed by atoms with Crippen molar-refractivity contribution in [3.63, 3.8) is 0 Å². The summed E-state index contributed by atoms with van der Waals surface area (Å²) in [6.07, 6.45) is 0.709. The first-order valence-corrected chi connectivity index (χ1v) is 13.2. The van der Waals surface area contributed by atoms with Crippen LogP contribution in [0.1, 0.15) is 36.9 Å². The molecule has 1 fully saturated rings. The predicted molar refractivity (Wildman–Crippen MR) is 140 cm³/mol. The third kappa shape index (κ3) is 4.14. The number of amides is 2. The molecule has 0 aliphatic carbocycles. The SMILES string of the molecule is Cc1ccc2c(Cl)c(C(=O)N3CCCN(C(=O)c4sc5cc(C)ccc5c4Cl)CC3)sc2c1. The molecule has 8 heteroatoms. The molecule has 5 rings (SSSR count). The maximum absolute atomic E-state index is 13.3. The van der Waals surface area contributed by atoms with Gasteiger partial charge in [0.25, 0.3) is 11.8 Å². The minimum atomic E-state index is -0.0662. The molecule has 2 aromatic carbocycles. The zero-order chi connectivity index (χ0) is 23.3. The van der Waals surface area contributed by atoms with Crippen LogP contribution in [0.25, 0.3) is 20.2 Å². The fourth-order valence-corrected chi connectivity index (χ4v) is 7.39. The molecule has 33 heavy (non-hydrogen) atoms. The third-order valence-electron chi connectivity index (χ3n) is 6.03. The molecule has 0 unspecified atom stereocenters. The van der Waals surface area contributed by atoms with Gasteiger partial charge in [-0.1, -0.05) is 47.5 Å². The van der Waals surface area contributed by atoms with Crippen molar-refractivity contribution in [3.8, 4) is 0 Å². The summed E-state index contributed by atoms with van der Waals surface area (Å²) < 4.78 is 2.04. The molecule has 1 saturated heterocycles. The second-order valence-corrected chi connectivity index (χ2v) is 11.3. The van der Waals surface area contributed by atoms with Crippen molar-refractivity contribution < 1.29 is 9.59 Å². The first kappa shape index (κ1) is 22.7. The largest absolute Gasteiger partial charge is 0.336 e. The average Bonchev–Trinajstić information content (AvgIpc) is 3.16. The van der Waals surface area contributed by atoms with Crippen LogP contribution in [0.15, 0.2) is 36.4 Å². The second-order valence-electron chi connectivity index (χ2n) is 8.43. The number of halogens is 2. The zero-order valence-electron chi connectivity index (χ0n) is 18.3. The van der Waals surface area contributed by atoms with Gasteiger partial charge in [0.1, 0.15) is 9.75 Å². The van der Waals surface area contributed by atoms with Crippen molar-refractivity contribution in [3.05, 3.63) is 67.3 Å². The summed E-state index contributed by atoms with van der Waals surface area (Å²) >= 11 is 16.0. The number of rotatable bonds is 2. The maximum atomic E-state index is 13.3. The summed E-state index contributed by atoms with van der Waals surface area (Å²) in [6.45, 7) is 6.17. The van der Waals surface area contributed by atoms with Crippen molar-refractivity contribution in [1.29, 1.82) is 0 Å². The Morgan fingerprint density at radius 1 is 0.727 bits per heavy atom. The van der Waals surface area contributed by atoms with Crippen LogP contribution >= 0.6 is 45.9 Å². The number of fused-ring (bicyclic) bond motifs is 2. The molecule has 2 aromatic heterocycles. The number of carbonyl (C=O) groups excluding carboxylic acids is 2. The van der Waals surface area contributed by atoms with Crippen LogP contribution < -0.4 is 0 Å². The van der Waals surface area contributed by atoms with E-state index < -0.39 is 0 Å². The minimum Gasteiger partial charge on any atom is -0.336 e. The van der Waals surface area contributed by atoms with Gasteiger partial charge in [0, 0.05) is 46.4 Å². The monoisotopic (exact) mass is 516 g/mol. The summed E-state index contributed by atoms with van der Waals surface area (Å²) in [5.74, 6) is -0.132. The van der Waals surface area contributed by atoms with Gasteiger partial charge in [-0.2, -0.15) is 0 Å². The standard InChI is InChI=1S/C25H22Cl2N2O2S2/c1-14-4-6-16-18(12-14)32-22(20(16)26)24(30)28-8-3-9-29(11-10-28)25(31)23-21(27)17-7-5-15(2)13-19(17)33-23/h4-7,12-13H,3,8-11H2,1-2H3. The van der Waals surface area contributed by atoms with E-state index in [0.29, 0.717) is 52.4 Å². The van der Waals surface area contributed by atoms with Gasteiger partial charge in [-0.05, 0) is 43.5 Å². The van der Waals surface area contributed by atoms with Gasteiger partial charge in [0.2, 0.25) is 0 Å². The predicted octanol–water partition coefficient (Wildman–Crippen LogP) is 7.03. The molecule has 4 aromatic rings. The van der Waals surface area contributed by atoms with Gasteiger partial charge in [0.15, 0.2) is 0 Å². The second kappa shape index (κ2) is 8.91. The van der Waals surface area contributed by atoms with Crippen molar-refractivity contribution in [1.82, 2.24) is 9.80 Å². The first-order chi connectivity index (χ1) is 15.8. The van der Waals surface area contributed by atoms with Gasteiger partial charge in [-0.25, -0.2) is 0 Å². The molecule has 0 saturated carbocycles. The number of thiophene rings is 2. The lowest BCUT2D eigenvalue weighted by Gasteiger charge is -2.21. The first-order valence-electron chi connectivity index (χ1n) is 10.8. The van der Waals surface area contributed by atoms with Gasteiger partial charge < -0.3 is 9.80 Å². The summed E-state index contributed by atoms with van der Waals surface area (Å²) in [7, 11) is 0. The number of hydrogen-bond donors (Lipinski definition) is 0. The molecular weight excluding hydrogens is 495 g/mol. The highest BCUT2D eigenvalue weighted by Crippen LogP contribution is 2.38. The fourth-order valence-electron chi connectivity index (χ4n) is 4.23. The van der Waals surface area contributed by atoms with Crippen LogP contribution in [-0.4, -0.2) is 47.8 Å². The number of hydrogen-bond acceptors (Lipinski definition) is 4. The lowest BCUT2D eigenvalue weighted by Crippen LogP contribution is -2.37. The molecule has 4 nitrogen and oxygen atoms in total. The Hall–Kier alpha value is -2.12. The Kier molecular flexibility index (Phi) is 6.12. The number of aryl methyl sites for hydroxylation is 2. The van der Waals surface area contributed by atoms with Crippen molar-refractivity contribution in [2.45, 2.75) is 20.3 Å². The van der Waals surface area contributed by atoms with E-state index in [2.05, 4.69) is 12.1 Å². The molecule has 0 N–H and O–H groups in total. The van der Waals surface area contributed by atoms with Crippen LogP contribution in [0.3, 0.4) is 0 Å². The van der Waals surface area contributed by atoms with Gasteiger partial charge in [-0.15, -0.1) is 22.7 Å². The molecule has 0 spiro atoms. The Bertz CT molecular complexity index is 1300. The summed E-state index contributed by atoms with van der Waals surface area (Å²) in [4.78, 5) is 31.4. The highest BCUT2D eigenvalue weighted by atomic mass is 35.5. The Morgan fingerprint density at radius 2 is 1.15 bits per heavy atom. The van der Waals surface area contributed by atoms with Crippen LogP contribution in [0.5, 0.6) is 0 Å². The van der Waals surface area contributed by atoms with Gasteiger partial charge in [0.05, 0.1) is 10.0 Å². The quantitative estimate of drug-likeness (QED) is 0.287. The van der Waals surface area contributed by atoms with E-state index >= 15 is 0 Å². The number of nitrogens with zero attached hydrogens (tertiary/aromatic N) is 2. The summed E-state index contributed by atoms with van der Waals surface area (Å²) in [6, 6.07) is 12.1. The van der Waals surface area contributed by atoms with Crippen molar-refractivity contribution in [2.75, 3.05) is 26.2 Å². The highest BCUT2D eigenvalue weighted by Gasteiger charge is 2.28. The Morgan fingerprint density at radius 3 is 1.58 bits per heavy atom. The van der Waals surface area contributed by atoms with E-state index in [1.54, 1.807) is 0 Å². The van der Waals surface area contributed by atoms with Crippen LogP contribution in [0.2, 0.25) is 10.0 Å². The molecule has 0 atom stereocenters. The summed E-state index contributed by atoms with van der Waals surface area (Å²) in [5.41, 5.74) is 2.27. The number of benzene rings is 2. The minimum absolute atomic E-state index is 0.0662. The molecule has 0 radical (unpaired) electrons. The van der Waals surface area contributed by atoms with E-state index in [0.717, 1.165) is 31.3 Å². The van der Waals surface area contributed by atoms with E-state index in [1.807, 2.05) is 47.9 Å². The third-order valence-corrected chi connectivity index (χ3v) is 9.32. The topological polar surface area (TPSA) is 40.6 Å². The maximum Gasteiger partial charge on any atom is 0.265 e. The molecule has 0 bridgehead atoms. The normalized spacial score (nSPS) is 14.8. The van der Waals surface area contributed by atoms with E-state index in [-0.39, 0.29) is 11.8 Å². The van der Waals surface area contributed by atoms with Gasteiger partial charge >= 0.3 is 0 Å². The number of carbonyl (C=O) groups is 2. The Balaban J connectivity index is 1.35.